The molecule has 166 valence electrons. The van der Waals surface area contributed by atoms with Crippen LogP contribution in [0.4, 0.5) is 0 Å². The van der Waals surface area contributed by atoms with Gasteiger partial charge in [0.2, 0.25) is 10.0 Å². The second-order valence-electron chi connectivity index (χ2n) is 8.06. The SMILES string of the molecule is CCCc1nn(C)c2c(=O)[nH]c(Cc3ccc(S(=O)(=O)N4CCN(C)CC4)cc3)nc12. The second-order valence-corrected chi connectivity index (χ2v) is 10.00. The minimum absolute atomic E-state index is 0.216. The van der Waals surface area contributed by atoms with Crippen LogP contribution in [0.1, 0.15) is 30.4 Å². The molecular formula is C21H28N6O3S. The van der Waals surface area contributed by atoms with Crippen LogP contribution in [0.15, 0.2) is 34.0 Å². The van der Waals surface area contributed by atoms with E-state index >= 15 is 0 Å². The normalized spacial score (nSPS) is 16.2. The summed E-state index contributed by atoms with van der Waals surface area (Å²) in [6.45, 7) is 4.51. The average Bonchev–Trinajstić information content (AvgIpc) is 3.05. The standard InChI is InChI=1S/C21H28N6O3S/c1-4-5-17-19-20(26(3)24-17)21(28)23-18(22-19)14-15-6-8-16(9-7-15)31(29,30)27-12-10-25(2)11-13-27/h6-9H,4-5,10-14H2,1-3H3,(H,22,23,28). The summed E-state index contributed by atoms with van der Waals surface area (Å²) in [5.74, 6) is 0.539. The highest BCUT2D eigenvalue weighted by atomic mass is 32.2. The predicted octanol–water partition coefficient (Wildman–Crippen LogP) is 1.14. The fourth-order valence-corrected chi connectivity index (χ4v) is 5.35. The average molecular weight is 445 g/mol. The Hall–Kier alpha value is -2.56. The molecule has 0 saturated carbocycles. The fraction of sp³-hybridized carbons (Fsp3) is 0.476. The summed E-state index contributed by atoms with van der Waals surface area (Å²) in [5.41, 5.74) is 2.59. The van der Waals surface area contributed by atoms with Crippen LogP contribution in [0.5, 0.6) is 0 Å². The number of sulfonamides is 1. The van der Waals surface area contributed by atoms with Crippen LogP contribution in [0.25, 0.3) is 11.0 Å². The van der Waals surface area contributed by atoms with Gasteiger partial charge in [-0.2, -0.15) is 9.40 Å². The number of nitrogens with one attached hydrogen (secondary N) is 1. The Kier molecular flexibility index (Phi) is 5.96. The number of aromatic nitrogens is 4. The molecular weight excluding hydrogens is 416 g/mol. The quantitative estimate of drug-likeness (QED) is 0.611. The third-order valence-corrected chi connectivity index (χ3v) is 7.61. The van der Waals surface area contributed by atoms with Crippen LogP contribution in [0.3, 0.4) is 0 Å². The molecule has 1 aliphatic heterocycles. The van der Waals surface area contributed by atoms with Gasteiger partial charge in [0.05, 0.1) is 10.6 Å². The molecule has 1 aliphatic rings. The van der Waals surface area contributed by atoms with Crippen molar-refractivity contribution in [3.8, 4) is 0 Å². The Labute approximate surface area is 181 Å². The molecule has 10 heteroatoms. The maximum Gasteiger partial charge on any atom is 0.277 e. The number of aryl methyl sites for hydroxylation is 2. The number of aromatic amines is 1. The Bertz CT molecular complexity index is 1240. The number of rotatable bonds is 6. The van der Waals surface area contributed by atoms with E-state index in [9.17, 15) is 13.2 Å². The van der Waals surface area contributed by atoms with Crippen molar-refractivity contribution in [1.29, 1.82) is 0 Å². The van der Waals surface area contributed by atoms with Crippen LogP contribution < -0.4 is 5.56 Å². The highest BCUT2D eigenvalue weighted by Gasteiger charge is 2.27. The van der Waals surface area contributed by atoms with Crippen molar-refractivity contribution in [1.82, 2.24) is 29.0 Å². The van der Waals surface area contributed by atoms with E-state index in [2.05, 4.69) is 26.9 Å². The number of hydrogen-bond donors (Lipinski definition) is 1. The van der Waals surface area contributed by atoms with Crippen molar-refractivity contribution in [2.45, 2.75) is 31.1 Å². The monoisotopic (exact) mass is 444 g/mol. The molecule has 3 heterocycles. The second kappa shape index (κ2) is 8.52. The smallest absolute Gasteiger partial charge is 0.277 e. The Balaban J connectivity index is 1.57. The first-order chi connectivity index (χ1) is 14.8. The summed E-state index contributed by atoms with van der Waals surface area (Å²) in [7, 11) is 0.241. The number of likely N-dealkylation sites (N-methyl/N-ethyl adjacent to an activating group) is 1. The van der Waals surface area contributed by atoms with Crippen molar-refractivity contribution in [2.24, 2.45) is 7.05 Å². The van der Waals surface area contributed by atoms with Gasteiger partial charge in [-0.3, -0.25) is 9.48 Å². The molecule has 0 amide bonds. The molecule has 4 rings (SSSR count). The van der Waals surface area contributed by atoms with Crippen LogP contribution in [-0.2, 0) is 29.9 Å². The van der Waals surface area contributed by atoms with Gasteiger partial charge in [-0.15, -0.1) is 0 Å². The number of nitrogens with zero attached hydrogens (tertiary/aromatic N) is 5. The number of hydrogen-bond acceptors (Lipinski definition) is 6. The zero-order valence-electron chi connectivity index (χ0n) is 18.1. The Morgan fingerprint density at radius 3 is 2.39 bits per heavy atom. The highest BCUT2D eigenvalue weighted by Crippen LogP contribution is 2.19. The summed E-state index contributed by atoms with van der Waals surface area (Å²) in [4.78, 5) is 22.5. The molecule has 0 radical (unpaired) electrons. The summed E-state index contributed by atoms with van der Waals surface area (Å²) in [6, 6.07) is 6.82. The molecule has 0 bridgehead atoms. The van der Waals surface area contributed by atoms with E-state index in [1.807, 2.05) is 7.05 Å². The van der Waals surface area contributed by atoms with Gasteiger partial charge in [0.1, 0.15) is 11.3 Å². The lowest BCUT2D eigenvalue weighted by Gasteiger charge is -2.31. The Morgan fingerprint density at radius 2 is 1.74 bits per heavy atom. The largest absolute Gasteiger partial charge is 0.308 e. The summed E-state index contributed by atoms with van der Waals surface area (Å²) in [5, 5.41) is 4.44. The third kappa shape index (κ3) is 4.28. The number of fused-ring (bicyclic) bond motifs is 1. The molecule has 0 spiro atoms. The van der Waals surface area contributed by atoms with Crippen LogP contribution in [-0.4, -0.2) is 70.6 Å². The van der Waals surface area contributed by atoms with Gasteiger partial charge in [0, 0.05) is 39.6 Å². The molecule has 2 aromatic heterocycles. The van der Waals surface area contributed by atoms with Crippen molar-refractivity contribution >= 4 is 21.1 Å². The molecule has 1 fully saturated rings. The first-order valence-electron chi connectivity index (χ1n) is 10.5. The van der Waals surface area contributed by atoms with Gasteiger partial charge in [-0.25, -0.2) is 13.4 Å². The Morgan fingerprint density at radius 1 is 1.06 bits per heavy atom. The molecule has 1 saturated heterocycles. The van der Waals surface area contributed by atoms with Crippen molar-refractivity contribution in [3.05, 3.63) is 51.7 Å². The van der Waals surface area contributed by atoms with Crippen LogP contribution in [0.2, 0.25) is 0 Å². The van der Waals surface area contributed by atoms with E-state index in [0.29, 0.717) is 36.4 Å². The van der Waals surface area contributed by atoms with Gasteiger partial charge in [-0.05, 0) is 31.2 Å². The number of piperazine rings is 1. The summed E-state index contributed by atoms with van der Waals surface area (Å²) >= 11 is 0. The summed E-state index contributed by atoms with van der Waals surface area (Å²) in [6.07, 6.45) is 2.08. The summed E-state index contributed by atoms with van der Waals surface area (Å²) < 4.78 is 28.9. The number of H-pyrrole nitrogens is 1. The molecule has 1 N–H and O–H groups in total. The third-order valence-electron chi connectivity index (χ3n) is 5.69. The van der Waals surface area contributed by atoms with E-state index in [1.165, 1.54) is 4.31 Å². The molecule has 9 nitrogen and oxygen atoms in total. The van der Waals surface area contributed by atoms with E-state index in [0.717, 1.165) is 37.2 Å². The molecule has 1 aromatic carbocycles. The topological polar surface area (TPSA) is 104 Å². The van der Waals surface area contributed by atoms with Crippen molar-refractivity contribution < 1.29 is 8.42 Å². The first kappa shape index (κ1) is 21.7. The van der Waals surface area contributed by atoms with E-state index < -0.39 is 10.0 Å². The zero-order chi connectivity index (χ0) is 22.2. The van der Waals surface area contributed by atoms with Gasteiger partial charge in [0.25, 0.3) is 5.56 Å². The minimum atomic E-state index is -3.50. The maximum absolute atomic E-state index is 12.9. The van der Waals surface area contributed by atoms with Gasteiger partial charge < -0.3 is 9.88 Å². The van der Waals surface area contributed by atoms with Crippen LogP contribution >= 0.6 is 0 Å². The van der Waals surface area contributed by atoms with Crippen LogP contribution in [0, 0.1) is 0 Å². The van der Waals surface area contributed by atoms with E-state index in [1.54, 1.807) is 36.0 Å². The minimum Gasteiger partial charge on any atom is -0.308 e. The van der Waals surface area contributed by atoms with Crippen molar-refractivity contribution in [3.63, 3.8) is 0 Å². The predicted molar refractivity (Wildman–Crippen MR) is 119 cm³/mol. The fourth-order valence-electron chi connectivity index (χ4n) is 3.93. The lowest BCUT2D eigenvalue weighted by atomic mass is 10.1. The highest BCUT2D eigenvalue weighted by molar-refractivity contribution is 7.89. The number of benzene rings is 1. The lowest BCUT2D eigenvalue weighted by Crippen LogP contribution is -2.46. The molecule has 0 atom stereocenters. The zero-order valence-corrected chi connectivity index (χ0v) is 18.9. The molecule has 3 aromatic rings. The molecule has 31 heavy (non-hydrogen) atoms. The van der Waals surface area contributed by atoms with Crippen molar-refractivity contribution in [2.75, 3.05) is 33.2 Å². The van der Waals surface area contributed by atoms with Gasteiger partial charge in [-0.1, -0.05) is 25.5 Å². The van der Waals surface area contributed by atoms with Gasteiger partial charge in [0.15, 0.2) is 5.52 Å². The van der Waals surface area contributed by atoms with E-state index in [4.69, 9.17) is 0 Å². The maximum atomic E-state index is 12.9. The lowest BCUT2D eigenvalue weighted by molar-refractivity contribution is 0.222. The molecule has 0 unspecified atom stereocenters. The van der Waals surface area contributed by atoms with E-state index in [-0.39, 0.29) is 10.5 Å². The molecule has 0 aliphatic carbocycles. The first-order valence-corrected chi connectivity index (χ1v) is 12.0. The van der Waals surface area contributed by atoms with Gasteiger partial charge >= 0.3 is 0 Å².